The summed E-state index contributed by atoms with van der Waals surface area (Å²) in [6.45, 7) is 8.42. The van der Waals surface area contributed by atoms with Gasteiger partial charge in [-0.3, -0.25) is 0 Å². The molecule has 0 bridgehead atoms. The molecule has 130 valence electrons. The second kappa shape index (κ2) is 7.86. The fraction of sp³-hybridized carbons (Fsp3) is 0.444. The highest BCUT2D eigenvalue weighted by atomic mass is 16.5. The largest absolute Gasteiger partial charge is 0.491 e. The number of rotatable bonds is 3. The van der Waals surface area contributed by atoms with Crippen LogP contribution in [0.2, 0.25) is 0 Å². The topological polar surface area (TPSA) is 79.4 Å². The summed E-state index contributed by atoms with van der Waals surface area (Å²) in [6.07, 6.45) is 4.55. The molecule has 1 aliphatic rings. The predicted molar refractivity (Wildman–Crippen MR) is 95.4 cm³/mol. The lowest BCUT2D eigenvalue weighted by Gasteiger charge is -2.23. The zero-order chi connectivity index (χ0) is 17.7. The van der Waals surface area contributed by atoms with Crippen molar-refractivity contribution >= 4 is 23.0 Å². The van der Waals surface area contributed by atoms with Gasteiger partial charge in [0.05, 0.1) is 24.8 Å². The second-order valence-electron chi connectivity index (χ2n) is 5.34. The van der Waals surface area contributed by atoms with Gasteiger partial charge >= 0.3 is 5.97 Å². The minimum absolute atomic E-state index is 0.203. The van der Waals surface area contributed by atoms with Crippen LogP contribution in [-0.2, 0) is 4.74 Å². The molecule has 0 radical (unpaired) electrons. The minimum atomic E-state index is -0.417. The number of allylic oxidation sites excluding steroid dienone is 1. The van der Waals surface area contributed by atoms with Crippen molar-refractivity contribution in [3.8, 4) is 5.75 Å². The summed E-state index contributed by atoms with van der Waals surface area (Å²) < 4.78 is 12.6. The van der Waals surface area contributed by atoms with Crippen molar-refractivity contribution in [2.75, 3.05) is 19.5 Å². The number of esters is 1. The number of hydrogen-bond donors (Lipinski definition) is 1. The first-order valence-corrected chi connectivity index (χ1v) is 8.29. The molecule has 1 unspecified atom stereocenters. The molecule has 1 aromatic carbocycles. The molecule has 1 aromatic heterocycles. The van der Waals surface area contributed by atoms with Crippen molar-refractivity contribution in [3.05, 3.63) is 30.4 Å². The highest BCUT2D eigenvalue weighted by Gasteiger charge is 2.24. The number of aromatic nitrogens is 2. The van der Waals surface area contributed by atoms with Gasteiger partial charge in [0.25, 0.3) is 0 Å². The summed E-state index contributed by atoms with van der Waals surface area (Å²) in [5.41, 5.74) is 8.00. The quantitative estimate of drug-likeness (QED) is 0.685. The highest BCUT2D eigenvalue weighted by Crippen LogP contribution is 2.36. The van der Waals surface area contributed by atoms with E-state index in [1.54, 1.807) is 12.1 Å². The van der Waals surface area contributed by atoms with E-state index in [1.807, 2.05) is 24.5 Å². The lowest BCUT2D eigenvalue weighted by molar-refractivity contribution is 0.0600. The first-order valence-electron chi connectivity index (χ1n) is 8.29. The molecule has 0 saturated carbocycles. The van der Waals surface area contributed by atoms with Gasteiger partial charge in [0, 0.05) is 6.04 Å². The number of nitrogens with two attached hydrogens (primary N) is 1. The number of ether oxygens (including phenoxy) is 2. The average molecular weight is 331 g/mol. The average Bonchev–Trinajstić information content (AvgIpc) is 2.92. The smallest absolute Gasteiger partial charge is 0.338 e. The van der Waals surface area contributed by atoms with Gasteiger partial charge in [-0.05, 0) is 31.4 Å². The molecule has 24 heavy (non-hydrogen) atoms. The summed E-state index contributed by atoms with van der Waals surface area (Å²) in [5.74, 6) is 0.631. The first-order chi connectivity index (χ1) is 11.7. The number of nitrogens with zero attached hydrogens (tertiary/aromatic N) is 2. The van der Waals surface area contributed by atoms with Crippen LogP contribution >= 0.6 is 0 Å². The number of carbonyl (C=O) groups excluding carboxylic acids is 1. The third-order valence-corrected chi connectivity index (χ3v) is 3.94. The van der Waals surface area contributed by atoms with Crippen LogP contribution in [0.1, 0.15) is 49.5 Å². The van der Waals surface area contributed by atoms with E-state index in [0.717, 1.165) is 24.8 Å². The zero-order valence-corrected chi connectivity index (χ0v) is 14.5. The highest BCUT2D eigenvalue weighted by molar-refractivity contribution is 5.96. The van der Waals surface area contributed by atoms with Gasteiger partial charge < -0.3 is 19.8 Å². The molecule has 1 aliphatic heterocycles. The van der Waals surface area contributed by atoms with Gasteiger partial charge in [0.1, 0.15) is 11.3 Å². The maximum Gasteiger partial charge on any atom is 0.338 e. The van der Waals surface area contributed by atoms with E-state index in [2.05, 4.69) is 11.6 Å². The van der Waals surface area contributed by atoms with Crippen molar-refractivity contribution in [1.82, 2.24) is 9.55 Å². The summed E-state index contributed by atoms with van der Waals surface area (Å²) in [5, 5.41) is 0. The molecule has 2 aromatic rings. The van der Waals surface area contributed by atoms with Gasteiger partial charge in [-0.25, -0.2) is 9.78 Å². The molecule has 0 fully saturated rings. The molecule has 2 heterocycles. The van der Waals surface area contributed by atoms with Crippen LogP contribution in [0.15, 0.2) is 24.8 Å². The summed E-state index contributed by atoms with van der Waals surface area (Å²) in [6, 6.07) is 3.59. The molecule has 6 nitrogen and oxygen atoms in total. The van der Waals surface area contributed by atoms with Crippen molar-refractivity contribution < 1.29 is 14.3 Å². The lowest BCUT2D eigenvalue weighted by atomic mass is 10.1. The molecule has 1 atom stereocenters. The molecule has 0 spiro atoms. The lowest BCUT2D eigenvalue weighted by Crippen LogP contribution is -2.16. The van der Waals surface area contributed by atoms with Crippen molar-refractivity contribution in [1.29, 1.82) is 0 Å². The van der Waals surface area contributed by atoms with Crippen LogP contribution in [0.25, 0.3) is 11.0 Å². The first kappa shape index (κ1) is 17.8. The van der Waals surface area contributed by atoms with E-state index < -0.39 is 5.97 Å². The Morgan fingerprint density at radius 3 is 2.96 bits per heavy atom. The Morgan fingerprint density at radius 1 is 1.54 bits per heavy atom. The van der Waals surface area contributed by atoms with Crippen LogP contribution in [0.3, 0.4) is 0 Å². The molecular weight excluding hydrogens is 306 g/mol. The minimum Gasteiger partial charge on any atom is -0.491 e. The number of methoxy groups -OCH3 is 1. The summed E-state index contributed by atoms with van der Waals surface area (Å²) >= 11 is 0. The van der Waals surface area contributed by atoms with Crippen LogP contribution < -0.4 is 10.5 Å². The van der Waals surface area contributed by atoms with Crippen LogP contribution in [0.4, 0.5) is 5.95 Å². The number of imidazole rings is 1. The Bertz CT molecular complexity index is 737. The normalized spacial score (nSPS) is 16.2. The Hall–Kier alpha value is -2.50. The van der Waals surface area contributed by atoms with Gasteiger partial charge in [-0.1, -0.05) is 19.9 Å². The molecule has 0 amide bonds. The summed E-state index contributed by atoms with van der Waals surface area (Å²) in [4.78, 5) is 16.2. The number of nitrogen functional groups attached to an aromatic ring is 1. The fourth-order valence-electron chi connectivity index (χ4n) is 2.97. The molecule has 0 aliphatic carbocycles. The van der Waals surface area contributed by atoms with E-state index in [4.69, 9.17) is 15.2 Å². The summed E-state index contributed by atoms with van der Waals surface area (Å²) in [7, 11) is 1.35. The van der Waals surface area contributed by atoms with E-state index in [0.29, 0.717) is 29.4 Å². The molecule has 2 N–H and O–H groups in total. The molecule has 3 rings (SSSR count). The van der Waals surface area contributed by atoms with E-state index in [9.17, 15) is 4.79 Å². The Balaban J connectivity index is 0.00000100. The molecule has 6 heteroatoms. The Labute approximate surface area is 142 Å². The van der Waals surface area contributed by atoms with E-state index in [-0.39, 0.29) is 6.04 Å². The van der Waals surface area contributed by atoms with Crippen LogP contribution in [-0.4, -0.2) is 29.2 Å². The van der Waals surface area contributed by atoms with E-state index >= 15 is 0 Å². The van der Waals surface area contributed by atoms with Gasteiger partial charge in [-0.15, -0.1) is 6.58 Å². The van der Waals surface area contributed by atoms with Crippen molar-refractivity contribution in [2.24, 2.45) is 0 Å². The molecule has 0 saturated heterocycles. The predicted octanol–water partition coefficient (Wildman–Crippen LogP) is 3.72. The fourth-order valence-corrected chi connectivity index (χ4v) is 2.97. The number of benzene rings is 1. The second-order valence-corrected chi connectivity index (χ2v) is 5.34. The van der Waals surface area contributed by atoms with Crippen molar-refractivity contribution in [3.63, 3.8) is 0 Å². The van der Waals surface area contributed by atoms with Crippen LogP contribution in [0, 0.1) is 0 Å². The number of anilines is 1. The monoisotopic (exact) mass is 331 g/mol. The standard InChI is InChI=1S/C16H19N3O3.C2H6/c1-3-5-11-6-4-7-22-13-9-10(15(20)21-2)8-12-14(13)19(11)16(17)18-12;1-2/h3,8-9,11H,1,4-7H2,2H3,(H2,17,18);1-2H3. The van der Waals surface area contributed by atoms with Gasteiger partial charge in [0.2, 0.25) is 5.95 Å². The third kappa shape index (κ3) is 3.22. The zero-order valence-electron chi connectivity index (χ0n) is 14.5. The Morgan fingerprint density at radius 2 is 2.29 bits per heavy atom. The Kier molecular flexibility index (Phi) is 5.84. The van der Waals surface area contributed by atoms with Crippen molar-refractivity contribution in [2.45, 2.75) is 39.2 Å². The van der Waals surface area contributed by atoms with Gasteiger partial charge in [-0.2, -0.15) is 0 Å². The number of hydrogen-bond acceptors (Lipinski definition) is 5. The molecular formula is C18H25N3O3. The number of carbonyl (C=O) groups is 1. The maximum absolute atomic E-state index is 11.8. The third-order valence-electron chi connectivity index (χ3n) is 3.94. The maximum atomic E-state index is 11.8. The van der Waals surface area contributed by atoms with E-state index in [1.165, 1.54) is 7.11 Å². The van der Waals surface area contributed by atoms with Crippen LogP contribution in [0.5, 0.6) is 5.75 Å². The SMILES string of the molecule is C=CCC1CCCOc2cc(C(=O)OC)cc3nc(N)n1c23.CC. The van der Waals surface area contributed by atoms with Gasteiger partial charge in [0.15, 0.2) is 0 Å².